The van der Waals surface area contributed by atoms with E-state index >= 15 is 0 Å². The number of halogens is 1. The minimum absolute atomic E-state index is 0. The molecular formula is C16H23ClN2O. The fourth-order valence-electron chi connectivity index (χ4n) is 3.28. The van der Waals surface area contributed by atoms with Crippen molar-refractivity contribution in [3.8, 4) is 0 Å². The minimum atomic E-state index is 0. The van der Waals surface area contributed by atoms with Crippen molar-refractivity contribution in [2.45, 2.75) is 26.2 Å². The molecule has 1 N–H and O–H groups in total. The molecule has 0 spiro atoms. The Bertz CT molecular complexity index is 471. The Balaban J connectivity index is 0.00000147. The molecule has 20 heavy (non-hydrogen) atoms. The van der Waals surface area contributed by atoms with Crippen LogP contribution >= 0.6 is 12.4 Å². The molecule has 0 radical (unpaired) electrons. The molecule has 0 bridgehead atoms. The maximum atomic E-state index is 12.6. The summed E-state index contributed by atoms with van der Waals surface area (Å²) in [4.78, 5) is 14.6. The largest absolute Gasteiger partial charge is 0.316 e. The van der Waals surface area contributed by atoms with Gasteiger partial charge in [0.15, 0.2) is 0 Å². The van der Waals surface area contributed by atoms with Crippen LogP contribution in [0, 0.1) is 11.8 Å². The Hall–Kier alpha value is -1.06. The number of fused-ring (bicyclic) bond motifs is 1. The summed E-state index contributed by atoms with van der Waals surface area (Å²) in [6.07, 6.45) is 2.91. The highest BCUT2D eigenvalue weighted by Crippen LogP contribution is 2.30. The topological polar surface area (TPSA) is 32.3 Å². The van der Waals surface area contributed by atoms with Crippen LogP contribution in [0.4, 0.5) is 5.69 Å². The molecule has 2 heterocycles. The van der Waals surface area contributed by atoms with Gasteiger partial charge in [0, 0.05) is 18.7 Å². The van der Waals surface area contributed by atoms with Crippen molar-refractivity contribution >= 4 is 24.0 Å². The average molecular weight is 295 g/mol. The molecule has 0 aromatic heterocycles. The summed E-state index contributed by atoms with van der Waals surface area (Å²) < 4.78 is 0. The second kappa shape index (κ2) is 6.59. The molecule has 1 fully saturated rings. The van der Waals surface area contributed by atoms with Crippen molar-refractivity contribution in [3.63, 3.8) is 0 Å². The van der Waals surface area contributed by atoms with Gasteiger partial charge in [0.1, 0.15) is 0 Å². The van der Waals surface area contributed by atoms with Crippen LogP contribution in [0.1, 0.15) is 25.3 Å². The highest BCUT2D eigenvalue weighted by atomic mass is 35.5. The predicted octanol–water partition coefficient (Wildman–Crippen LogP) is 2.63. The van der Waals surface area contributed by atoms with Gasteiger partial charge in [-0.05, 0) is 49.4 Å². The molecule has 1 amide bonds. The molecule has 2 unspecified atom stereocenters. The zero-order valence-corrected chi connectivity index (χ0v) is 12.8. The summed E-state index contributed by atoms with van der Waals surface area (Å²) in [5.41, 5.74) is 2.45. The molecule has 0 saturated carbocycles. The van der Waals surface area contributed by atoms with E-state index in [0.717, 1.165) is 38.2 Å². The summed E-state index contributed by atoms with van der Waals surface area (Å²) in [6.45, 7) is 5.16. The number of benzene rings is 1. The summed E-state index contributed by atoms with van der Waals surface area (Å²) in [5.74, 6) is 1.38. The Morgan fingerprint density at radius 1 is 1.40 bits per heavy atom. The SMILES string of the molecule is CC1Cc2ccccc2N(C(=O)CC2CCNC2)C1.Cl. The summed E-state index contributed by atoms with van der Waals surface area (Å²) in [7, 11) is 0. The van der Waals surface area contributed by atoms with Gasteiger partial charge in [0.05, 0.1) is 0 Å². The van der Waals surface area contributed by atoms with E-state index < -0.39 is 0 Å². The number of rotatable bonds is 2. The highest BCUT2D eigenvalue weighted by Gasteiger charge is 2.28. The lowest BCUT2D eigenvalue weighted by atomic mass is 9.93. The third-order valence-corrected chi connectivity index (χ3v) is 4.27. The predicted molar refractivity (Wildman–Crippen MR) is 84.5 cm³/mol. The third kappa shape index (κ3) is 3.15. The smallest absolute Gasteiger partial charge is 0.227 e. The second-order valence-corrected chi connectivity index (χ2v) is 6.01. The fraction of sp³-hybridized carbons (Fsp3) is 0.562. The third-order valence-electron chi connectivity index (χ3n) is 4.27. The number of nitrogens with zero attached hydrogens (tertiary/aromatic N) is 1. The Morgan fingerprint density at radius 2 is 2.20 bits per heavy atom. The normalized spacial score (nSPS) is 24.9. The van der Waals surface area contributed by atoms with E-state index in [1.165, 1.54) is 5.56 Å². The van der Waals surface area contributed by atoms with Gasteiger partial charge in [-0.1, -0.05) is 25.1 Å². The zero-order valence-electron chi connectivity index (χ0n) is 12.0. The van der Waals surface area contributed by atoms with Crippen LogP contribution in [-0.4, -0.2) is 25.5 Å². The van der Waals surface area contributed by atoms with Gasteiger partial charge in [-0.3, -0.25) is 4.79 Å². The van der Waals surface area contributed by atoms with Crippen molar-refractivity contribution in [2.75, 3.05) is 24.5 Å². The van der Waals surface area contributed by atoms with E-state index in [2.05, 4.69) is 30.4 Å². The second-order valence-electron chi connectivity index (χ2n) is 6.01. The zero-order chi connectivity index (χ0) is 13.2. The van der Waals surface area contributed by atoms with E-state index in [-0.39, 0.29) is 12.4 Å². The number of anilines is 1. The molecule has 1 aromatic carbocycles. The Labute approximate surface area is 127 Å². The van der Waals surface area contributed by atoms with Gasteiger partial charge in [0.2, 0.25) is 5.91 Å². The Morgan fingerprint density at radius 3 is 2.95 bits per heavy atom. The average Bonchev–Trinajstić information content (AvgIpc) is 2.90. The van der Waals surface area contributed by atoms with E-state index in [9.17, 15) is 4.79 Å². The molecule has 4 heteroatoms. The number of hydrogen-bond donors (Lipinski definition) is 1. The van der Waals surface area contributed by atoms with E-state index in [1.54, 1.807) is 0 Å². The van der Waals surface area contributed by atoms with Crippen LogP contribution in [0.3, 0.4) is 0 Å². The van der Waals surface area contributed by atoms with Gasteiger partial charge < -0.3 is 10.2 Å². The van der Waals surface area contributed by atoms with Crippen LogP contribution in [0.2, 0.25) is 0 Å². The van der Waals surface area contributed by atoms with Crippen molar-refractivity contribution in [3.05, 3.63) is 29.8 Å². The van der Waals surface area contributed by atoms with Crippen molar-refractivity contribution < 1.29 is 4.79 Å². The number of nitrogens with one attached hydrogen (secondary N) is 1. The van der Waals surface area contributed by atoms with Crippen molar-refractivity contribution in [1.29, 1.82) is 0 Å². The lowest BCUT2D eigenvalue weighted by molar-refractivity contribution is -0.119. The molecule has 2 atom stereocenters. The molecule has 3 nitrogen and oxygen atoms in total. The first kappa shape index (κ1) is 15.3. The monoisotopic (exact) mass is 294 g/mol. The number of carbonyl (C=O) groups excluding carboxylic acids is 1. The Kier molecular flexibility index (Phi) is 5.06. The van der Waals surface area contributed by atoms with E-state index in [1.807, 2.05) is 11.0 Å². The van der Waals surface area contributed by atoms with Gasteiger partial charge in [-0.25, -0.2) is 0 Å². The van der Waals surface area contributed by atoms with Gasteiger partial charge in [-0.15, -0.1) is 12.4 Å². The highest BCUT2D eigenvalue weighted by molar-refractivity contribution is 5.94. The first-order valence-electron chi connectivity index (χ1n) is 7.33. The summed E-state index contributed by atoms with van der Waals surface area (Å²) >= 11 is 0. The fourth-order valence-corrected chi connectivity index (χ4v) is 3.28. The first-order valence-corrected chi connectivity index (χ1v) is 7.33. The molecule has 3 rings (SSSR count). The number of carbonyl (C=O) groups is 1. The molecule has 2 aliphatic heterocycles. The molecule has 0 aliphatic carbocycles. The molecule has 2 aliphatic rings. The maximum Gasteiger partial charge on any atom is 0.227 e. The lowest BCUT2D eigenvalue weighted by Gasteiger charge is -2.33. The molecule has 110 valence electrons. The van der Waals surface area contributed by atoms with Crippen LogP contribution < -0.4 is 10.2 Å². The quantitative estimate of drug-likeness (QED) is 0.909. The lowest BCUT2D eigenvalue weighted by Crippen LogP contribution is -2.40. The number of hydrogen-bond acceptors (Lipinski definition) is 2. The summed E-state index contributed by atoms with van der Waals surface area (Å²) in [6, 6.07) is 8.35. The van der Waals surface area contributed by atoms with Gasteiger partial charge >= 0.3 is 0 Å². The van der Waals surface area contributed by atoms with Gasteiger partial charge in [0.25, 0.3) is 0 Å². The standard InChI is InChI=1S/C16H22N2O.ClH/c1-12-8-14-4-2-3-5-15(14)18(11-12)16(19)9-13-6-7-17-10-13;/h2-5,12-13,17H,6-11H2,1H3;1H. The van der Waals surface area contributed by atoms with E-state index in [0.29, 0.717) is 24.2 Å². The minimum Gasteiger partial charge on any atom is -0.316 e. The molecule has 1 aromatic rings. The van der Waals surface area contributed by atoms with Gasteiger partial charge in [-0.2, -0.15) is 0 Å². The van der Waals surface area contributed by atoms with Crippen molar-refractivity contribution in [2.24, 2.45) is 11.8 Å². The first-order chi connectivity index (χ1) is 9.24. The summed E-state index contributed by atoms with van der Waals surface area (Å²) in [5, 5.41) is 3.34. The van der Waals surface area contributed by atoms with Crippen LogP contribution in [0.5, 0.6) is 0 Å². The van der Waals surface area contributed by atoms with Crippen LogP contribution in [0.25, 0.3) is 0 Å². The number of amides is 1. The number of para-hydroxylation sites is 1. The van der Waals surface area contributed by atoms with Crippen molar-refractivity contribution in [1.82, 2.24) is 5.32 Å². The maximum absolute atomic E-state index is 12.6. The van der Waals surface area contributed by atoms with Crippen LogP contribution in [0.15, 0.2) is 24.3 Å². The van der Waals surface area contributed by atoms with Crippen LogP contribution in [-0.2, 0) is 11.2 Å². The molecule has 1 saturated heterocycles. The molecular weight excluding hydrogens is 272 g/mol. The van der Waals surface area contributed by atoms with E-state index in [4.69, 9.17) is 0 Å².